The van der Waals surface area contributed by atoms with E-state index in [0.29, 0.717) is 12.2 Å². The molecule has 0 aliphatic heterocycles. The number of aromatic nitrogens is 2. The van der Waals surface area contributed by atoms with Crippen LogP contribution in [0.2, 0.25) is 0 Å². The minimum Gasteiger partial charge on any atom is -0.396 e. The van der Waals surface area contributed by atoms with Crippen molar-refractivity contribution in [2.24, 2.45) is 0 Å². The number of amides is 1. The van der Waals surface area contributed by atoms with E-state index >= 15 is 0 Å². The van der Waals surface area contributed by atoms with Crippen molar-refractivity contribution in [3.05, 3.63) is 35.3 Å². The van der Waals surface area contributed by atoms with Gasteiger partial charge in [-0.05, 0) is 44.7 Å². The lowest BCUT2D eigenvalue weighted by Gasteiger charge is -2.06. The number of rotatable bonds is 6. The number of aryl methyl sites for hydroxylation is 2. The first-order valence-electron chi connectivity index (χ1n) is 6.98. The minimum absolute atomic E-state index is 0.0930. The van der Waals surface area contributed by atoms with Gasteiger partial charge in [-0.25, -0.2) is 4.98 Å². The van der Waals surface area contributed by atoms with Crippen LogP contribution in [0.3, 0.4) is 0 Å². The van der Waals surface area contributed by atoms with Gasteiger partial charge in [-0.2, -0.15) is 0 Å². The molecule has 0 aliphatic rings. The predicted molar refractivity (Wildman–Crippen MR) is 77.9 cm³/mol. The van der Waals surface area contributed by atoms with Crippen molar-refractivity contribution in [3.63, 3.8) is 0 Å². The second-order valence-corrected chi connectivity index (χ2v) is 4.97. The molecular formula is C15H21N3O2. The monoisotopic (exact) mass is 275 g/mol. The second kappa shape index (κ2) is 6.52. The third kappa shape index (κ3) is 2.99. The fourth-order valence-electron chi connectivity index (χ4n) is 2.29. The number of pyridine rings is 1. The van der Waals surface area contributed by atoms with Crippen LogP contribution in [0.4, 0.5) is 0 Å². The Bertz CT molecular complexity index is 604. The highest BCUT2D eigenvalue weighted by atomic mass is 16.2. The molecule has 0 atom stereocenters. The van der Waals surface area contributed by atoms with Crippen LogP contribution in [0.1, 0.15) is 41.0 Å². The van der Waals surface area contributed by atoms with Gasteiger partial charge in [-0.15, -0.1) is 0 Å². The summed E-state index contributed by atoms with van der Waals surface area (Å²) in [5.74, 6) is -0.0930. The van der Waals surface area contributed by atoms with Crippen LogP contribution in [-0.2, 0) is 0 Å². The standard InChI is InChI=1S/C15H21N3O2/c1-11-7-6-9-18-13(12(2)17-14(11)18)15(20)16-8-4-3-5-10-19/h6-7,9,19H,3-5,8,10H2,1-2H3,(H,16,20). The molecule has 2 heterocycles. The Morgan fingerprint density at radius 1 is 1.35 bits per heavy atom. The van der Waals surface area contributed by atoms with E-state index in [9.17, 15) is 4.79 Å². The highest BCUT2D eigenvalue weighted by Crippen LogP contribution is 2.15. The van der Waals surface area contributed by atoms with E-state index in [2.05, 4.69) is 10.3 Å². The molecule has 0 fully saturated rings. The van der Waals surface area contributed by atoms with Gasteiger partial charge >= 0.3 is 0 Å². The Morgan fingerprint density at radius 3 is 2.90 bits per heavy atom. The number of imidazole rings is 1. The Labute approximate surface area is 118 Å². The molecule has 2 aromatic heterocycles. The highest BCUT2D eigenvalue weighted by molar-refractivity contribution is 5.94. The van der Waals surface area contributed by atoms with E-state index in [1.807, 2.05) is 36.6 Å². The Kier molecular flexibility index (Phi) is 4.74. The van der Waals surface area contributed by atoms with E-state index in [1.54, 1.807) is 0 Å². The lowest BCUT2D eigenvalue weighted by molar-refractivity contribution is 0.0946. The largest absolute Gasteiger partial charge is 0.396 e. The van der Waals surface area contributed by atoms with Crippen LogP contribution in [0, 0.1) is 13.8 Å². The van der Waals surface area contributed by atoms with Gasteiger partial charge in [0.25, 0.3) is 5.91 Å². The van der Waals surface area contributed by atoms with Gasteiger partial charge < -0.3 is 10.4 Å². The molecule has 20 heavy (non-hydrogen) atoms. The number of unbranched alkanes of at least 4 members (excludes halogenated alkanes) is 2. The van der Waals surface area contributed by atoms with Crippen LogP contribution < -0.4 is 5.32 Å². The maximum atomic E-state index is 12.3. The molecule has 0 unspecified atom stereocenters. The summed E-state index contributed by atoms with van der Waals surface area (Å²) in [4.78, 5) is 16.7. The Morgan fingerprint density at radius 2 is 2.15 bits per heavy atom. The molecule has 1 amide bonds. The van der Waals surface area contributed by atoms with Crippen molar-refractivity contribution in [2.45, 2.75) is 33.1 Å². The number of nitrogens with zero attached hydrogens (tertiary/aromatic N) is 2. The summed E-state index contributed by atoms with van der Waals surface area (Å²) in [6, 6.07) is 3.90. The van der Waals surface area contributed by atoms with E-state index in [-0.39, 0.29) is 12.5 Å². The van der Waals surface area contributed by atoms with Gasteiger partial charge in [0, 0.05) is 19.3 Å². The van der Waals surface area contributed by atoms with Crippen LogP contribution >= 0.6 is 0 Å². The molecule has 5 nitrogen and oxygen atoms in total. The number of aliphatic hydroxyl groups is 1. The molecule has 108 valence electrons. The van der Waals surface area contributed by atoms with Gasteiger partial charge in [0.15, 0.2) is 0 Å². The molecule has 2 aromatic rings. The third-order valence-corrected chi connectivity index (χ3v) is 3.35. The topological polar surface area (TPSA) is 66.6 Å². The zero-order chi connectivity index (χ0) is 14.5. The molecule has 2 N–H and O–H groups in total. The van der Waals surface area contributed by atoms with Crippen molar-refractivity contribution < 1.29 is 9.90 Å². The fraction of sp³-hybridized carbons (Fsp3) is 0.467. The highest BCUT2D eigenvalue weighted by Gasteiger charge is 2.16. The van der Waals surface area contributed by atoms with Crippen molar-refractivity contribution in [2.75, 3.05) is 13.2 Å². The van der Waals surface area contributed by atoms with Gasteiger partial charge in [0.05, 0.1) is 5.69 Å². The zero-order valence-electron chi connectivity index (χ0n) is 12.0. The molecule has 0 aliphatic carbocycles. The van der Waals surface area contributed by atoms with E-state index in [0.717, 1.165) is 36.2 Å². The first-order valence-corrected chi connectivity index (χ1v) is 6.98. The second-order valence-electron chi connectivity index (χ2n) is 4.97. The lowest BCUT2D eigenvalue weighted by Crippen LogP contribution is -2.26. The molecule has 0 aromatic carbocycles. The van der Waals surface area contributed by atoms with E-state index in [4.69, 9.17) is 5.11 Å². The summed E-state index contributed by atoms with van der Waals surface area (Å²) in [5, 5.41) is 11.6. The molecule has 0 radical (unpaired) electrons. The summed E-state index contributed by atoms with van der Waals surface area (Å²) in [5.41, 5.74) is 3.23. The summed E-state index contributed by atoms with van der Waals surface area (Å²) in [6.45, 7) is 4.67. The fourth-order valence-corrected chi connectivity index (χ4v) is 2.29. The number of hydrogen-bond acceptors (Lipinski definition) is 3. The third-order valence-electron chi connectivity index (χ3n) is 3.35. The minimum atomic E-state index is -0.0930. The molecule has 5 heteroatoms. The first-order chi connectivity index (χ1) is 9.65. The van der Waals surface area contributed by atoms with Crippen molar-refractivity contribution >= 4 is 11.6 Å². The summed E-state index contributed by atoms with van der Waals surface area (Å²) < 4.78 is 1.84. The van der Waals surface area contributed by atoms with Crippen LogP contribution in [0.25, 0.3) is 5.65 Å². The number of carbonyl (C=O) groups is 1. The van der Waals surface area contributed by atoms with Gasteiger partial charge in [-0.3, -0.25) is 9.20 Å². The molecule has 0 bridgehead atoms. The smallest absolute Gasteiger partial charge is 0.270 e. The average Bonchev–Trinajstić information content (AvgIpc) is 2.76. The summed E-state index contributed by atoms with van der Waals surface area (Å²) in [7, 11) is 0. The van der Waals surface area contributed by atoms with Gasteiger partial charge in [-0.1, -0.05) is 6.07 Å². The normalized spacial score (nSPS) is 10.9. The van der Waals surface area contributed by atoms with Crippen LogP contribution in [0.15, 0.2) is 18.3 Å². The van der Waals surface area contributed by atoms with Crippen LogP contribution in [-0.4, -0.2) is 33.6 Å². The molecule has 2 rings (SSSR count). The quantitative estimate of drug-likeness (QED) is 0.791. The predicted octanol–water partition coefficient (Wildman–Crippen LogP) is 1.84. The van der Waals surface area contributed by atoms with Crippen LogP contribution in [0.5, 0.6) is 0 Å². The number of nitrogens with one attached hydrogen (secondary N) is 1. The average molecular weight is 275 g/mol. The number of carbonyl (C=O) groups excluding carboxylic acids is 1. The molecule has 0 saturated carbocycles. The lowest BCUT2D eigenvalue weighted by atomic mass is 10.2. The maximum absolute atomic E-state index is 12.3. The summed E-state index contributed by atoms with van der Waals surface area (Å²) in [6.07, 6.45) is 4.44. The number of fused-ring (bicyclic) bond motifs is 1. The van der Waals surface area contributed by atoms with E-state index in [1.165, 1.54) is 0 Å². The SMILES string of the molecule is Cc1nc2c(C)cccn2c1C(=O)NCCCCCO. The summed E-state index contributed by atoms with van der Waals surface area (Å²) >= 11 is 0. The Hall–Kier alpha value is -1.88. The van der Waals surface area contributed by atoms with Gasteiger partial charge in [0.1, 0.15) is 11.3 Å². The van der Waals surface area contributed by atoms with Crippen molar-refractivity contribution in [3.8, 4) is 0 Å². The molecular weight excluding hydrogens is 254 g/mol. The zero-order valence-corrected chi connectivity index (χ0v) is 12.0. The molecule has 0 spiro atoms. The first kappa shape index (κ1) is 14.5. The van der Waals surface area contributed by atoms with Crippen molar-refractivity contribution in [1.29, 1.82) is 0 Å². The molecule has 0 saturated heterocycles. The Balaban J connectivity index is 2.10. The maximum Gasteiger partial charge on any atom is 0.270 e. The van der Waals surface area contributed by atoms with E-state index < -0.39 is 0 Å². The van der Waals surface area contributed by atoms with Crippen molar-refractivity contribution in [1.82, 2.24) is 14.7 Å². The van der Waals surface area contributed by atoms with Gasteiger partial charge in [0.2, 0.25) is 0 Å². The number of aliphatic hydroxyl groups excluding tert-OH is 1. The number of hydrogen-bond donors (Lipinski definition) is 2.